The molecule has 136 valence electrons. The summed E-state index contributed by atoms with van der Waals surface area (Å²) in [7, 11) is 3.54. The van der Waals surface area contributed by atoms with Gasteiger partial charge in [0.2, 0.25) is 5.91 Å². The standard InChI is InChI=1S/C19H26N2O4/c1-5-24-17-9-8-15(11-18(17)23-4)13-21(3)14(2)19(22)20-12-16-7-6-10-25-16/h6-11,14H,5,12-13H2,1-4H3,(H,20,22)/t14-/m1/s1. The molecular formula is C19H26N2O4. The number of hydrogen-bond donors (Lipinski definition) is 1. The van der Waals surface area contributed by atoms with E-state index in [1.807, 2.05) is 50.1 Å². The number of ether oxygens (including phenoxy) is 2. The maximum Gasteiger partial charge on any atom is 0.237 e. The van der Waals surface area contributed by atoms with Crippen LogP contribution >= 0.6 is 0 Å². The van der Waals surface area contributed by atoms with Crippen LogP contribution < -0.4 is 14.8 Å². The van der Waals surface area contributed by atoms with Crippen molar-refractivity contribution < 1.29 is 18.7 Å². The van der Waals surface area contributed by atoms with Crippen LogP contribution in [-0.4, -0.2) is 37.6 Å². The van der Waals surface area contributed by atoms with Crippen LogP contribution in [0.1, 0.15) is 25.2 Å². The van der Waals surface area contributed by atoms with Crippen molar-refractivity contribution in [2.24, 2.45) is 0 Å². The minimum absolute atomic E-state index is 0.0446. The Balaban J connectivity index is 1.93. The number of furan rings is 1. The molecular weight excluding hydrogens is 320 g/mol. The SMILES string of the molecule is CCOc1ccc(CN(C)[C@H](C)C(=O)NCc2ccco2)cc1OC. The summed E-state index contributed by atoms with van der Waals surface area (Å²) >= 11 is 0. The molecule has 6 nitrogen and oxygen atoms in total. The van der Waals surface area contributed by atoms with E-state index in [1.165, 1.54) is 0 Å². The van der Waals surface area contributed by atoms with Crippen LogP contribution in [-0.2, 0) is 17.9 Å². The zero-order chi connectivity index (χ0) is 18.2. The van der Waals surface area contributed by atoms with Crippen molar-refractivity contribution >= 4 is 5.91 Å². The van der Waals surface area contributed by atoms with Crippen molar-refractivity contribution in [2.45, 2.75) is 33.0 Å². The molecule has 0 radical (unpaired) electrons. The lowest BCUT2D eigenvalue weighted by Crippen LogP contribution is -2.42. The van der Waals surface area contributed by atoms with Crippen LogP contribution in [0.3, 0.4) is 0 Å². The summed E-state index contributed by atoms with van der Waals surface area (Å²) in [4.78, 5) is 14.3. The van der Waals surface area contributed by atoms with Crippen molar-refractivity contribution in [2.75, 3.05) is 20.8 Å². The van der Waals surface area contributed by atoms with Gasteiger partial charge in [0.25, 0.3) is 0 Å². The number of methoxy groups -OCH3 is 1. The van der Waals surface area contributed by atoms with Gasteiger partial charge in [-0.1, -0.05) is 6.07 Å². The number of nitrogens with zero attached hydrogens (tertiary/aromatic N) is 1. The van der Waals surface area contributed by atoms with Crippen molar-refractivity contribution in [1.29, 1.82) is 0 Å². The van der Waals surface area contributed by atoms with E-state index >= 15 is 0 Å². The molecule has 0 aliphatic rings. The number of nitrogens with one attached hydrogen (secondary N) is 1. The third-order valence-electron chi connectivity index (χ3n) is 4.02. The van der Waals surface area contributed by atoms with E-state index in [9.17, 15) is 4.79 Å². The van der Waals surface area contributed by atoms with E-state index in [-0.39, 0.29) is 11.9 Å². The summed E-state index contributed by atoms with van der Waals surface area (Å²) in [5.74, 6) is 2.11. The highest BCUT2D eigenvalue weighted by Crippen LogP contribution is 2.28. The van der Waals surface area contributed by atoms with Crippen LogP contribution in [0.15, 0.2) is 41.0 Å². The summed E-state index contributed by atoms with van der Waals surface area (Å²) in [6, 6.07) is 9.18. The molecule has 1 atom stereocenters. The van der Waals surface area contributed by atoms with E-state index in [4.69, 9.17) is 13.9 Å². The Morgan fingerprint density at radius 3 is 2.76 bits per heavy atom. The second-order valence-corrected chi connectivity index (χ2v) is 5.81. The molecule has 6 heteroatoms. The summed E-state index contributed by atoms with van der Waals surface area (Å²) in [6.45, 7) is 5.41. The fourth-order valence-corrected chi connectivity index (χ4v) is 2.45. The van der Waals surface area contributed by atoms with Gasteiger partial charge in [0, 0.05) is 6.54 Å². The number of rotatable bonds is 9. The van der Waals surface area contributed by atoms with Gasteiger partial charge in [0.05, 0.1) is 32.6 Å². The van der Waals surface area contributed by atoms with E-state index in [0.29, 0.717) is 25.4 Å². The molecule has 0 spiro atoms. The Bertz CT molecular complexity index is 670. The lowest BCUT2D eigenvalue weighted by molar-refractivity contribution is -0.125. The van der Waals surface area contributed by atoms with Gasteiger partial charge < -0.3 is 19.2 Å². The average Bonchev–Trinajstić information content (AvgIpc) is 3.13. The van der Waals surface area contributed by atoms with E-state index in [2.05, 4.69) is 5.32 Å². The Morgan fingerprint density at radius 2 is 2.12 bits per heavy atom. The van der Waals surface area contributed by atoms with Crippen molar-refractivity contribution in [3.8, 4) is 11.5 Å². The molecule has 1 N–H and O–H groups in total. The second-order valence-electron chi connectivity index (χ2n) is 5.81. The Kier molecular flexibility index (Phi) is 6.89. The summed E-state index contributed by atoms with van der Waals surface area (Å²) in [5, 5.41) is 2.88. The molecule has 2 aromatic rings. The molecule has 0 aliphatic heterocycles. The third-order valence-corrected chi connectivity index (χ3v) is 4.02. The van der Waals surface area contributed by atoms with Crippen molar-refractivity contribution in [3.63, 3.8) is 0 Å². The Hall–Kier alpha value is -2.47. The van der Waals surface area contributed by atoms with Gasteiger partial charge >= 0.3 is 0 Å². The smallest absolute Gasteiger partial charge is 0.237 e. The van der Waals surface area contributed by atoms with Crippen LogP contribution in [0.5, 0.6) is 11.5 Å². The lowest BCUT2D eigenvalue weighted by atomic mass is 10.1. The predicted molar refractivity (Wildman–Crippen MR) is 95.6 cm³/mol. The van der Waals surface area contributed by atoms with Crippen molar-refractivity contribution in [3.05, 3.63) is 47.9 Å². The normalized spacial score (nSPS) is 12.0. The van der Waals surface area contributed by atoms with Gasteiger partial charge in [0.15, 0.2) is 11.5 Å². The third kappa shape index (κ3) is 5.26. The molecule has 0 saturated heterocycles. The molecule has 0 unspecified atom stereocenters. The molecule has 25 heavy (non-hydrogen) atoms. The quantitative estimate of drug-likeness (QED) is 0.756. The predicted octanol–water partition coefficient (Wildman–Crippen LogP) is 2.82. The highest BCUT2D eigenvalue weighted by atomic mass is 16.5. The zero-order valence-corrected chi connectivity index (χ0v) is 15.2. The summed E-state index contributed by atoms with van der Waals surface area (Å²) < 4.78 is 16.1. The first-order chi connectivity index (χ1) is 12.0. The molecule has 0 saturated carbocycles. The Labute approximate surface area is 148 Å². The van der Waals surface area contributed by atoms with Crippen LogP contribution in [0.2, 0.25) is 0 Å². The zero-order valence-electron chi connectivity index (χ0n) is 15.2. The summed E-state index contributed by atoms with van der Waals surface area (Å²) in [6.07, 6.45) is 1.59. The largest absolute Gasteiger partial charge is 0.493 e. The van der Waals surface area contributed by atoms with Crippen LogP contribution in [0, 0.1) is 0 Å². The number of carbonyl (C=O) groups is 1. The highest BCUT2D eigenvalue weighted by molar-refractivity contribution is 5.81. The molecule has 1 aromatic heterocycles. The fourth-order valence-electron chi connectivity index (χ4n) is 2.45. The topological polar surface area (TPSA) is 63.9 Å². The maximum absolute atomic E-state index is 12.3. The number of likely N-dealkylation sites (N-methyl/N-ethyl adjacent to an activating group) is 1. The van der Waals surface area contributed by atoms with Gasteiger partial charge in [-0.3, -0.25) is 9.69 Å². The van der Waals surface area contributed by atoms with E-state index < -0.39 is 0 Å². The van der Waals surface area contributed by atoms with Gasteiger partial charge in [-0.2, -0.15) is 0 Å². The minimum Gasteiger partial charge on any atom is -0.493 e. The molecule has 0 bridgehead atoms. The molecule has 1 heterocycles. The first-order valence-electron chi connectivity index (χ1n) is 8.35. The van der Waals surface area contributed by atoms with Gasteiger partial charge in [-0.25, -0.2) is 0 Å². The lowest BCUT2D eigenvalue weighted by Gasteiger charge is -2.24. The van der Waals surface area contributed by atoms with Crippen LogP contribution in [0.4, 0.5) is 0 Å². The van der Waals surface area contributed by atoms with Crippen molar-refractivity contribution in [1.82, 2.24) is 10.2 Å². The molecule has 0 fully saturated rings. The molecule has 2 rings (SSSR count). The monoisotopic (exact) mass is 346 g/mol. The van der Waals surface area contributed by atoms with E-state index in [0.717, 1.165) is 17.1 Å². The number of benzene rings is 1. The molecule has 0 aliphatic carbocycles. The summed E-state index contributed by atoms with van der Waals surface area (Å²) in [5.41, 5.74) is 1.05. The van der Waals surface area contributed by atoms with E-state index in [1.54, 1.807) is 19.4 Å². The first-order valence-corrected chi connectivity index (χ1v) is 8.35. The highest BCUT2D eigenvalue weighted by Gasteiger charge is 2.18. The van der Waals surface area contributed by atoms with Crippen LogP contribution in [0.25, 0.3) is 0 Å². The van der Waals surface area contributed by atoms with Gasteiger partial charge in [-0.15, -0.1) is 0 Å². The second kappa shape index (κ2) is 9.13. The maximum atomic E-state index is 12.3. The first kappa shape index (κ1) is 18.9. The number of amides is 1. The average molecular weight is 346 g/mol. The van der Waals surface area contributed by atoms with Gasteiger partial charge in [0.1, 0.15) is 5.76 Å². The molecule has 1 amide bonds. The van der Waals surface area contributed by atoms with Gasteiger partial charge in [-0.05, 0) is 50.7 Å². The fraction of sp³-hybridized carbons (Fsp3) is 0.421. The minimum atomic E-state index is -0.271. The molecule has 1 aromatic carbocycles. The Morgan fingerprint density at radius 1 is 1.32 bits per heavy atom. The number of carbonyl (C=O) groups excluding carboxylic acids is 1. The number of hydrogen-bond acceptors (Lipinski definition) is 5.